The molecule has 1 aromatic heterocycles. The first kappa shape index (κ1) is 12.7. The lowest BCUT2D eigenvalue weighted by molar-refractivity contribution is 0.103. The van der Waals surface area contributed by atoms with Gasteiger partial charge in [0.2, 0.25) is 10.0 Å². The number of primary sulfonamides is 1. The van der Waals surface area contributed by atoms with Gasteiger partial charge in [0.05, 0.1) is 11.1 Å². The van der Waals surface area contributed by atoms with Gasteiger partial charge < -0.3 is 5.11 Å². The molecule has 2 rings (SSSR count). The number of thiophene rings is 1. The van der Waals surface area contributed by atoms with Gasteiger partial charge in [0, 0.05) is 0 Å². The molecular weight excluding hydrogens is 274 g/mol. The van der Waals surface area contributed by atoms with Crippen molar-refractivity contribution in [2.24, 2.45) is 5.14 Å². The van der Waals surface area contributed by atoms with Gasteiger partial charge in [0.15, 0.2) is 5.78 Å². The fourth-order valence-corrected chi connectivity index (χ4v) is 3.28. The summed E-state index contributed by atoms with van der Waals surface area (Å²) in [5.41, 5.74) is 0.0183. The summed E-state index contributed by atoms with van der Waals surface area (Å²) in [5.74, 6) is -0.771. The van der Waals surface area contributed by atoms with Crippen LogP contribution in [0.3, 0.4) is 0 Å². The van der Waals surface area contributed by atoms with E-state index in [9.17, 15) is 18.3 Å². The minimum Gasteiger partial charge on any atom is -0.507 e. The summed E-state index contributed by atoms with van der Waals surface area (Å²) < 4.78 is 22.4. The van der Waals surface area contributed by atoms with Crippen LogP contribution in [-0.2, 0) is 10.0 Å². The number of phenolic OH excluding ortho intramolecular Hbond substituents is 1. The molecule has 3 N–H and O–H groups in total. The Morgan fingerprint density at radius 1 is 1.17 bits per heavy atom. The number of carbonyl (C=O) groups is 1. The third-order valence-electron chi connectivity index (χ3n) is 2.28. The number of nitrogens with two attached hydrogens (primary N) is 1. The Morgan fingerprint density at radius 3 is 2.44 bits per heavy atom. The lowest BCUT2D eigenvalue weighted by Gasteiger charge is -2.03. The third-order valence-corrected chi connectivity index (χ3v) is 4.71. The highest BCUT2D eigenvalue weighted by Gasteiger charge is 2.23. The summed E-state index contributed by atoms with van der Waals surface area (Å²) in [7, 11) is -3.94. The van der Waals surface area contributed by atoms with Gasteiger partial charge in [-0.15, -0.1) is 11.3 Å². The zero-order valence-electron chi connectivity index (χ0n) is 9.03. The van der Waals surface area contributed by atoms with Gasteiger partial charge in [-0.3, -0.25) is 4.79 Å². The van der Waals surface area contributed by atoms with E-state index in [1.54, 1.807) is 12.1 Å². The number of rotatable bonds is 3. The van der Waals surface area contributed by atoms with Crippen molar-refractivity contribution in [2.45, 2.75) is 4.21 Å². The molecule has 5 nitrogen and oxygen atoms in total. The van der Waals surface area contributed by atoms with E-state index in [-0.39, 0.29) is 21.1 Å². The monoisotopic (exact) mass is 283 g/mol. The van der Waals surface area contributed by atoms with Crippen LogP contribution < -0.4 is 5.14 Å². The minimum atomic E-state index is -3.94. The fourth-order valence-electron chi connectivity index (χ4n) is 1.49. The van der Waals surface area contributed by atoms with Gasteiger partial charge in [-0.2, -0.15) is 0 Å². The molecule has 0 aliphatic rings. The molecule has 18 heavy (non-hydrogen) atoms. The summed E-state index contributed by atoms with van der Waals surface area (Å²) in [6, 6.07) is 7.30. The number of carbonyl (C=O) groups excluding carboxylic acids is 1. The van der Waals surface area contributed by atoms with Crippen molar-refractivity contribution in [3.63, 3.8) is 0 Å². The Bertz CT molecular complexity index is 703. The minimum absolute atomic E-state index is 0.0241. The van der Waals surface area contributed by atoms with Gasteiger partial charge in [-0.25, -0.2) is 13.6 Å². The summed E-state index contributed by atoms with van der Waals surface area (Å²) in [6.07, 6.45) is 0. The van der Waals surface area contributed by atoms with Crippen LogP contribution in [-0.4, -0.2) is 19.3 Å². The van der Waals surface area contributed by atoms with Crippen LogP contribution in [0.25, 0.3) is 0 Å². The molecule has 94 valence electrons. The van der Waals surface area contributed by atoms with Crippen molar-refractivity contribution in [1.29, 1.82) is 0 Å². The molecule has 0 saturated heterocycles. The molecular formula is C11H9NO4S2. The second-order valence-electron chi connectivity index (χ2n) is 3.51. The Balaban J connectivity index is 2.55. The van der Waals surface area contributed by atoms with Gasteiger partial charge in [0.1, 0.15) is 9.96 Å². The standard InChI is InChI=1S/C11H9NO4S2/c12-18(15,16)11-8(5-6-17-11)10(14)7-3-1-2-4-9(7)13/h1-6,13H,(H2,12,15,16). The molecule has 0 fully saturated rings. The van der Waals surface area contributed by atoms with E-state index in [0.717, 1.165) is 11.3 Å². The molecule has 1 heterocycles. The molecule has 0 radical (unpaired) electrons. The highest BCUT2D eigenvalue weighted by atomic mass is 32.2. The van der Waals surface area contributed by atoms with E-state index in [1.807, 2.05) is 0 Å². The molecule has 0 unspecified atom stereocenters. The maximum atomic E-state index is 12.1. The van der Waals surface area contributed by atoms with Crippen LogP contribution in [0, 0.1) is 0 Å². The summed E-state index contributed by atoms with van der Waals surface area (Å²) >= 11 is 0.870. The second kappa shape index (κ2) is 4.52. The first-order valence-electron chi connectivity index (χ1n) is 4.84. The number of ketones is 1. The molecule has 0 aliphatic heterocycles. The molecule has 0 spiro atoms. The predicted molar refractivity (Wildman–Crippen MR) is 67.2 cm³/mol. The third kappa shape index (κ3) is 2.28. The summed E-state index contributed by atoms with van der Waals surface area (Å²) in [4.78, 5) is 12.1. The maximum Gasteiger partial charge on any atom is 0.248 e. The van der Waals surface area contributed by atoms with Gasteiger partial charge >= 0.3 is 0 Å². The number of hydrogen-bond donors (Lipinski definition) is 2. The second-order valence-corrected chi connectivity index (χ2v) is 6.19. The van der Waals surface area contributed by atoms with E-state index in [2.05, 4.69) is 0 Å². The molecule has 0 atom stereocenters. The van der Waals surface area contributed by atoms with Crippen molar-refractivity contribution in [3.8, 4) is 5.75 Å². The Kier molecular flexibility index (Phi) is 3.20. The zero-order chi connectivity index (χ0) is 13.3. The summed E-state index contributed by atoms with van der Waals surface area (Å²) in [6.45, 7) is 0. The largest absolute Gasteiger partial charge is 0.507 e. The number of aromatic hydroxyl groups is 1. The quantitative estimate of drug-likeness (QED) is 0.830. The molecule has 0 amide bonds. The van der Waals surface area contributed by atoms with Crippen molar-refractivity contribution in [2.75, 3.05) is 0 Å². The first-order valence-corrected chi connectivity index (χ1v) is 7.27. The van der Waals surface area contributed by atoms with Gasteiger partial charge in [-0.1, -0.05) is 12.1 Å². The average molecular weight is 283 g/mol. The van der Waals surface area contributed by atoms with E-state index in [1.165, 1.54) is 23.6 Å². The Hall–Kier alpha value is -1.70. The predicted octanol–water partition coefficient (Wildman–Crippen LogP) is 1.33. The highest BCUT2D eigenvalue weighted by Crippen LogP contribution is 2.27. The zero-order valence-corrected chi connectivity index (χ0v) is 10.7. The van der Waals surface area contributed by atoms with Crippen molar-refractivity contribution < 1.29 is 18.3 Å². The average Bonchev–Trinajstić information content (AvgIpc) is 2.77. The van der Waals surface area contributed by atoms with Crippen LogP contribution >= 0.6 is 11.3 Å². The van der Waals surface area contributed by atoms with E-state index in [4.69, 9.17) is 5.14 Å². The SMILES string of the molecule is NS(=O)(=O)c1sccc1C(=O)c1ccccc1O. The Morgan fingerprint density at radius 2 is 1.83 bits per heavy atom. The lowest BCUT2D eigenvalue weighted by Crippen LogP contribution is -2.14. The van der Waals surface area contributed by atoms with Crippen LogP contribution in [0.5, 0.6) is 5.75 Å². The number of hydrogen-bond acceptors (Lipinski definition) is 5. The smallest absolute Gasteiger partial charge is 0.248 e. The van der Waals surface area contributed by atoms with Crippen LogP contribution in [0.1, 0.15) is 15.9 Å². The molecule has 0 aliphatic carbocycles. The van der Waals surface area contributed by atoms with Crippen molar-refractivity contribution in [3.05, 3.63) is 46.8 Å². The number of phenols is 1. The highest BCUT2D eigenvalue weighted by molar-refractivity contribution is 7.91. The summed E-state index contributed by atoms with van der Waals surface area (Å²) in [5, 5.41) is 16.1. The van der Waals surface area contributed by atoms with Crippen LogP contribution in [0.15, 0.2) is 39.9 Å². The molecule has 7 heteroatoms. The van der Waals surface area contributed by atoms with Gasteiger partial charge in [0.25, 0.3) is 0 Å². The topological polar surface area (TPSA) is 97.5 Å². The van der Waals surface area contributed by atoms with E-state index < -0.39 is 15.8 Å². The molecule has 2 aromatic rings. The molecule has 0 bridgehead atoms. The lowest BCUT2D eigenvalue weighted by atomic mass is 10.1. The Labute approximate surface area is 108 Å². The number of benzene rings is 1. The maximum absolute atomic E-state index is 12.1. The first-order chi connectivity index (χ1) is 8.41. The van der Waals surface area contributed by atoms with Gasteiger partial charge in [-0.05, 0) is 23.6 Å². The normalized spacial score (nSPS) is 11.4. The van der Waals surface area contributed by atoms with E-state index in [0.29, 0.717) is 0 Å². The van der Waals surface area contributed by atoms with Crippen LogP contribution in [0.2, 0.25) is 0 Å². The van der Waals surface area contributed by atoms with Crippen LogP contribution in [0.4, 0.5) is 0 Å². The van der Waals surface area contributed by atoms with Crippen molar-refractivity contribution in [1.82, 2.24) is 0 Å². The fraction of sp³-hybridized carbons (Fsp3) is 0. The number of para-hydroxylation sites is 1. The number of sulfonamides is 1. The van der Waals surface area contributed by atoms with Crippen molar-refractivity contribution >= 4 is 27.1 Å². The molecule has 0 saturated carbocycles. The van der Waals surface area contributed by atoms with E-state index >= 15 is 0 Å². The molecule has 1 aromatic carbocycles.